The molecule has 0 aliphatic heterocycles. The molecule has 0 saturated heterocycles. The van der Waals surface area contributed by atoms with Crippen molar-refractivity contribution in [3.8, 4) is 0 Å². The van der Waals surface area contributed by atoms with Crippen molar-refractivity contribution in [1.82, 2.24) is 4.72 Å². The molecule has 3 rings (SSSR count). The fraction of sp³-hybridized carbons (Fsp3) is 0.333. The van der Waals surface area contributed by atoms with Crippen LogP contribution < -0.4 is 4.72 Å². The molecule has 2 aromatic carbocycles. The van der Waals surface area contributed by atoms with Crippen LogP contribution in [0.5, 0.6) is 0 Å². The molecule has 0 radical (unpaired) electrons. The van der Waals surface area contributed by atoms with Crippen LogP contribution in [0.4, 0.5) is 0 Å². The van der Waals surface area contributed by atoms with E-state index in [4.69, 9.17) is 0 Å². The summed E-state index contributed by atoms with van der Waals surface area (Å²) in [5.74, 6) is 0. The molecule has 122 valence electrons. The van der Waals surface area contributed by atoms with Gasteiger partial charge in [-0.25, -0.2) is 13.1 Å². The Hall–Kier alpha value is -1.30. The second-order valence-corrected chi connectivity index (χ2v) is 8.97. The summed E-state index contributed by atoms with van der Waals surface area (Å²) in [5, 5.41) is 0.289. The quantitative estimate of drug-likeness (QED) is 0.890. The van der Waals surface area contributed by atoms with Gasteiger partial charge < -0.3 is 0 Å². The van der Waals surface area contributed by atoms with E-state index >= 15 is 0 Å². The summed E-state index contributed by atoms with van der Waals surface area (Å²) in [6.07, 6.45) is 3.00. The van der Waals surface area contributed by atoms with E-state index in [1.165, 1.54) is 4.90 Å². The maximum absolute atomic E-state index is 12.6. The van der Waals surface area contributed by atoms with E-state index in [0.29, 0.717) is 4.90 Å². The molecule has 0 bridgehead atoms. The van der Waals surface area contributed by atoms with Gasteiger partial charge in [0, 0.05) is 16.2 Å². The third-order valence-corrected chi connectivity index (χ3v) is 7.04. The third kappa shape index (κ3) is 4.16. The van der Waals surface area contributed by atoms with Gasteiger partial charge in [0.2, 0.25) is 10.0 Å². The van der Waals surface area contributed by atoms with Gasteiger partial charge in [0.1, 0.15) is 0 Å². The Kier molecular flexibility index (Phi) is 5.09. The molecule has 1 aliphatic carbocycles. The Bertz CT molecular complexity index is 742. The number of aryl methyl sites for hydroxylation is 1. The maximum Gasteiger partial charge on any atom is 0.240 e. The van der Waals surface area contributed by atoms with Crippen LogP contribution >= 0.6 is 11.8 Å². The summed E-state index contributed by atoms with van der Waals surface area (Å²) >= 11 is 1.77. The highest BCUT2D eigenvalue weighted by molar-refractivity contribution is 8.00. The first-order valence-corrected chi connectivity index (χ1v) is 10.2. The Balaban J connectivity index is 1.72. The molecular weight excluding hydrogens is 326 g/mol. The molecule has 0 unspecified atom stereocenters. The van der Waals surface area contributed by atoms with E-state index in [0.717, 1.165) is 24.8 Å². The first-order valence-electron chi connectivity index (χ1n) is 7.85. The van der Waals surface area contributed by atoms with Gasteiger partial charge >= 0.3 is 0 Å². The van der Waals surface area contributed by atoms with Crippen molar-refractivity contribution >= 4 is 21.8 Å². The Morgan fingerprint density at radius 2 is 1.70 bits per heavy atom. The van der Waals surface area contributed by atoms with Gasteiger partial charge in [-0.15, -0.1) is 11.8 Å². The summed E-state index contributed by atoms with van der Waals surface area (Å²) in [4.78, 5) is 1.54. The minimum atomic E-state index is -3.45. The summed E-state index contributed by atoms with van der Waals surface area (Å²) in [6.45, 7) is 1.95. The average Bonchev–Trinajstić information content (AvgIpc) is 2.95. The van der Waals surface area contributed by atoms with E-state index in [-0.39, 0.29) is 11.3 Å². The molecular formula is C18H21NO2S2. The van der Waals surface area contributed by atoms with Crippen molar-refractivity contribution in [3.05, 3.63) is 60.2 Å². The zero-order valence-corrected chi connectivity index (χ0v) is 14.7. The zero-order valence-electron chi connectivity index (χ0n) is 13.1. The first-order chi connectivity index (χ1) is 11.0. The lowest BCUT2D eigenvalue weighted by atomic mass is 10.2. The molecule has 2 aromatic rings. The highest BCUT2D eigenvalue weighted by atomic mass is 32.2. The molecule has 1 fully saturated rings. The summed E-state index contributed by atoms with van der Waals surface area (Å²) in [5.41, 5.74) is 1.06. The fourth-order valence-electron chi connectivity index (χ4n) is 2.86. The van der Waals surface area contributed by atoms with Crippen LogP contribution in [0.15, 0.2) is 64.4 Å². The molecule has 1 N–H and O–H groups in total. The van der Waals surface area contributed by atoms with Gasteiger partial charge in [-0.1, -0.05) is 42.3 Å². The molecule has 0 amide bonds. The summed E-state index contributed by atoms with van der Waals surface area (Å²) in [6, 6.07) is 17.2. The van der Waals surface area contributed by atoms with Crippen molar-refractivity contribution in [2.75, 3.05) is 0 Å². The fourth-order valence-corrected chi connectivity index (χ4v) is 5.57. The maximum atomic E-state index is 12.6. The molecule has 1 saturated carbocycles. The van der Waals surface area contributed by atoms with Gasteiger partial charge in [0.05, 0.1) is 4.90 Å². The molecule has 5 heteroatoms. The number of sulfonamides is 1. The van der Waals surface area contributed by atoms with Crippen molar-refractivity contribution in [3.63, 3.8) is 0 Å². The minimum absolute atomic E-state index is 0.00786. The lowest BCUT2D eigenvalue weighted by molar-refractivity contribution is 0.555. The van der Waals surface area contributed by atoms with Crippen LogP contribution in [0.1, 0.15) is 24.8 Å². The second kappa shape index (κ2) is 7.07. The molecule has 0 aromatic heterocycles. The van der Waals surface area contributed by atoms with Crippen LogP contribution in [-0.4, -0.2) is 19.7 Å². The Labute approximate surface area is 142 Å². The Morgan fingerprint density at radius 3 is 2.39 bits per heavy atom. The van der Waals surface area contributed by atoms with Crippen LogP contribution in [-0.2, 0) is 10.0 Å². The lowest BCUT2D eigenvalue weighted by Crippen LogP contribution is -2.38. The molecule has 0 heterocycles. The number of benzene rings is 2. The zero-order chi connectivity index (χ0) is 16.3. The average molecular weight is 348 g/mol. The number of hydrogen-bond donors (Lipinski definition) is 1. The molecule has 23 heavy (non-hydrogen) atoms. The minimum Gasteiger partial charge on any atom is -0.207 e. The highest BCUT2D eigenvalue weighted by Crippen LogP contribution is 2.35. The number of thioether (sulfide) groups is 1. The molecule has 3 nitrogen and oxygen atoms in total. The highest BCUT2D eigenvalue weighted by Gasteiger charge is 2.31. The monoisotopic (exact) mass is 347 g/mol. The van der Waals surface area contributed by atoms with Crippen molar-refractivity contribution in [2.45, 2.75) is 47.3 Å². The van der Waals surface area contributed by atoms with Gasteiger partial charge in [0.15, 0.2) is 0 Å². The van der Waals surface area contributed by atoms with E-state index in [9.17, 15) is 8.42 Å². The van der Waals surface area contributed by atoms with Crippen molar-refractivity contribution in [2.24, 2.45) is 0 Å². The number of hydrogen-bond acceptors (Lipinski definition) is 3. The topological polar surface area (TPSA) is 46.2 Å². The van der Waals surface area contributed by atoms with Crippen molar-refractivity contribution in [1.29, 1.82) is 0 Å². The van der Waals surface area contributed by atoms with Gasteiger partial charge in [-0.2, -0.15) is 0 Å². The molecule has 0 spiro atoms. The standard InChI is InChI=1S/C18H21NO2S2/c1-14-10-12-16(13-11-14)23(20,21)19-17-8-5-9-18(17)22-15-6-3-2-4-7-15/h2-4,6-7,10-13,17-19H,5,8-9H2,1H3/t17-,18-/m0/s1. The predicted octanol–water partition coefficient (Wildman–Crippen LogP) is 3.99. The summed E-state index contributed by atoms with van der Waals surface area (Å²) in [7, 11) is -3.45. The molecule has 2 atom stereocenters. The van der Waals surface area contributed by atoms with Gasteiger partial charge in [0.25, 0.3) is 0 Å². The second-order valence-electron chi connectivity index (χ2n) is 5.94. The van der Waals surface area contributed by atoms with E-state index in [1.54, 1.807) is 23.9 Å². The van der Waals surface area contributed by atoms with E-state index < -0.39 is 10.0 Å². The van der Waals surface area contributed by atoms with Gasteiger partial charge in [-0.3, -0.25) is 0 Å². The number of rotatable bonds is 5. The van der Waals surface area contributed by atoms with E-state index in [1.807, 2.05) is 37.3 Å². The number of nitrogens with one attached hydrogen (secondary N) is 1. The van der Waals surface area contributed by atoms with E-state index in [2.05, 4.69) is 16.9 Å². The van der Waals surface area contributed by atoms with Crippen LogP contribution in [0.2, 0.25) is 0 Å². The lowest BCUT2D eigenvalue weighted by Gasteiger charge is -2.20. The van der Waals surface area contributed by atoms with Crippen molar-refractivity contribution < 1.29 is 8.42 Å². The first kappa shape index (κ1) is 16.6. The largest absolute Gasteiger partial charge is 0.240 e. The Morgan fingerprint density at radius 1 is 1.00 bits per heavy atom. The van der Waals surface area contributed by atoms with Crippen LogP contribution in [0.25, 0.3) is 0 Å². The normalized spacial score (nSPS) is 21.4. The third-order valence-electron chi connectivity index (χ3n) is 4.12. The molecule has 1 aliphatic rings. The van der Waals surface area contributed by atoms with Crippen LogP contribution in [0.3, 0.4) is 0 Å². The smallest absolute Gasteiger partial charge is 0.207 e. The predicted molar refractivity (Wildman–Crippen MR) is 95.2 cm³/mol. The summed E-state index contributed by atoms with van der Waals surface area (Å²) < 4.78 is 28.1. The van der Waals surface area contributed by atoms with Crippen LogP contribution in [0, 0.1) is 6.92 Å². The SMILES string of the molecule is Cc1ccc(S(=O)(=O)N[C@H]2CCC[C@@H]2Sc2ccccc2)cc1. The van der Waals surface area contributed by atoms with Gasteiger partial charge in [-0.05, 0) is 44.0 Å².